The monoisotopic (exact) mass is 309 g/mol. The maximum atomic E-state index is 4.91. The number of nitrogens with one attached hydrogen (secondary N) is 1. The Morgan fingerprint density at radius 1 is 1.22 bits per heavy atom. The molecule has 3 aromatic rings. The second kappa shape index (κ2) is 6.34. The summed E-state index contributed by atoms with van der Waals surface area (Å²) in [6.07, 6.45) is 3.92. The van der Waals surface area contributed by atoms with Gasteiger partial charge in [-0.3, -0.25) is 10.00 Å². The van der Waals surface area contributed by atoms with Gasteiger partial charge in [-0.2, -0.15) is 5.10 Å². The van der Waals surface area contributed by atoms with E-state index in [2.05, 4.69) is 20.3 Å². The van der Waals surface area contributed by atoms with Gasteiger partial charge in [-0.05, 0) is 19.4 Å². The number of hydrogen-bond acceptors (Lipinski definition) is 5. The number of hydrogen-bond donors (Lipinski definition) is 1. The lowest BCUT2D eigenvalue weighted by Gasteiger charge is -2.30. The molecule has 1 atom stereocenters. The minimum atomic E-state index is 0.389. The van der Waals surface area contributed by atoms with Crippen LogP contribution in [0, 0.1) is 0 Å². The van der Waals surface area contributed by atoms with Crippen LogP contribution in [0.2, 0.25) is 0 Å². The standard InChI is InChI=1S/C17H19N5O/c1-2-5-13(6-3-1)16-18-17(20-19-16)14-7-4-9-22(11-14)12-15-8-10-23-21-15/h1-3,5-6,8,10,14H,4,7,9,11-12H2,(H,18,19,20)/t14-/m1/s1. The molecule has 23 heavy (non-hydrogen) atoms. The van der Waals surface area contributed by atoms with Crippen molar-refractivity contribution in [2.45, 2.75) is 25.3 Å². The number of rotatable bonds is 4. The minimum Gasteiger partial charge on any atom is -0.364 e. The van der Waals surface area contributed by atoms with Crippen molar-refractivity contribution in [2.75, 3.05) is 13.1 Å². The second-order valence-electron chi connectivity index (χ2n) is 5.98. The molecule has 118 valence electrons. The molecule has 0 radical (unpaired) electrons. The number of piperidine rings is 1. The van der Waals surface area contributed by atoms with E-state index < -0.39 is 0 Å². The fourth-order valence-electron chi connectivity index (χ4n) is 3.14. The Labute approximate surface area is 134 Å². The number of nitrogens with zero attached hydrogens (tertiary/aromatic N) is 4. The fraction of sp³-hybridized carbons (Fsp3) is 0.353. The van der Waals surface area contributed by atoms with Gasteiger partial charge in [0.1, 0.15) is 12.1 Å². The summed E-state index contributed by atoms with van der Waals surface area (Å²) in [5, 5.41) is 11.5. The summed E-state index contributed by atoms with van der Waals surface area (Å²) < 4.78 is 4.91. The van der Waals surface area contributed by atoms with Crippen LogP contribution in [0.4, 0.5) is 0 Å². The molecular weight excluding hydrogens is 290 g/mol. The molecule has 0 amide bonds. The highest BCUT2D eigenvalue weighted by molar-refractivity contribution is 5.53. The van der Waals surface area contributed by atoms with E-state index in [9.17, 15) is 0 Å². The van der Waals surface area contributed by atoms with Gasteiger partial charge in [0, 0.05) is 30.6 Å². The van der Waals surface area contributed by atoms with Gasteiger partial charge in [0.25, 0.3) is 0 Å². The van der Waals surface area contributed by atoms with E-state index in [4.69, 9.17) is 9.51 Å². The van der Waals surface area contributed by atoms with Crippen molar-refractivity contribution in [3.63, 3.8) is 0 Å². The fourth-order valence-corrected chi connectivity index (χ4v) is 3.14. The van der Waals surface area contributed by atoms with E-state index in [1.54, 1.807) is 6.26 Å². The summed E-state index contributed by atoms with van der Waals surface area (Å²) in [5.41, 5.74) is 2.03. The molecule has 1 saturated heterocycles. The third-order valence-corrected chi connectivity index (χ3v) is 4.30. The Morgan fingerprint density at radius 3 is 2.96 bits per heavy atom. The lowest BCUT2D eigenvalue weighted by molar-refractivity contribution is 0.192. The van der Waals surface area contributed by atoms with Gasteiger partial charge < -0.3 is 4.52 Å². The number of H-pyrrole nitrogens is 1. The van der Waals surface area contributed by atoms with Crippen molar-refractivity contribution in [2.24, 2.45) is 0 Å². The zero-order chi connectivity index (χ0) is 15.5. The summed E-state index contributed by atoms with van der Waals surface area (Å²) in [6.45, 7) is 2.88. The van der Waals surface area contributed by atoms with Gasteiger partial charge in [0.2, 0.25) is 0 Å². The van der Waals surface area contributed by atoms with Crippen LogP contribution in [-0.2, 0) is 6.54 Å². The molecule has 1 aromatic carbocycles. The Kier molecular flexibility index (Phi) is 3.90. The van der Waals surface area contributed by atoms with Crippen LogP contribution >= 0.6 is 0 Å². The molecule has 4 rings (SSSR count). The van der Waals surface area contributed by atoms with E-state index in [1.807, 2.05) is 36.4 Å². The van der Waals surface area contributed by atoms with Crippen LogP contribution in [0.1, 0.15) is 30.3 Å². The molecule has 3 heterocycles. The Balaban J connectivity index is 1.46. The average Bonchev–Trinajstić information content (AvgIpc) is 3.28. The smallest absolute Gasteiger partial charge is 0.181 e. The van der Waals surface area contributed by atoms with Crippen LogP contribution in [0.25, 0.3) is 11.4 Å². The lowest BCUT2D eigenvalue weighted by Crippen LogP contribution is -2.34. The quantitative estimate of drug-likeness (QED) is 0.802. The van der Waals surface area contributed by atoms with Crippen LogP contribution in [0.3, 0.4) is 0 Å². The van der Waals surface area contributed by atoms with E-state index in [0.717, 1.165) is 55.4 Å². The molecule has 1 aliphatic heterocycles. The van der Waals surface area contributed by atoms with Crippen molar-refractivity contribution in [3.8, 4) is 11.4 Å². The first kappa shape index (κ1) is 14.1. The second-order valence-corrected chi connectivity index (χ2v) is 5.98. The van der Waals surface area contributed by atoms with Crippen molar-refractivity contribution in [3.05, 3.63) is 54.2 Å². The molecular formula is C17H19N5O. The van der Waals surface area contributed by atoms with Crippen LogP contribution in [0.5, 0.6) is 0 Å². The molecule has 0 bridgehead atoms. The molecule has 0 unspecified atom stereocenters. The number of aromatic amines is 1. The van der Waals surface area contributed by atoms with Crippen LogP contribution < -0.4 is 0 Å². The predicted molar refractivity (Wildman–Crippen MR) is 85.6 cm³/mol. The van der Waals surface area contributed by atoms with Crippen LogP contribution in [-0.4, -0.2) is 38.3 Å². The minimum absolute atomic E-state index is 0.389. The SMILES string of the molecule is c1ccc(-c2n[nH]c([C@@H]3CCCN(Cc4ccon4)C3)n2)cc1. The first-order chi connectivity index (χ1) is 11.4. The maximum absolute atomic E-state index is 4.91. The van der Waals surface area contributed by atoms with Gasteiger partial charge in [-0.15, -0.1) is 0 Å². The van der Waals surface area contributed by atoms with Crippen molar-refractivity contribution >= 4 is 0 Å². The van der Waals surface area contributed by atoms with Gasteiger partial charge in [0.15, 0.2) is 5.82 Å². The molecule has 1 N–H and O–H groups in total. The summed E-state index contributed by atoms with van der Waals surface area (Å²) in [6, 6.07) is 12.0. The van der Waals surface area contributed by atoms with Crippen molar-refractivity contribution < 1.29 is 4.52 Å². The molecule has 6 heteroatoms. The Hall–Kier alpha value is -2.47. The van der Waals surface area contributed by atoms with Crippen LogP contribution in [0.15, 0.2) is 47.2 Å². The highest BCUT2D eigenvalue weighted by atomic mass is 16.5. The first-order valence-electron chi connectivity index (χ1n) is 7.98. The molecule has 1 aliphatic rings. The molecule has 6 nitrogen and oxygen atoms in total. The third-order valence-electron chi connectivity index (χ3n) is 4.30. The normalized spacial score (nSPS) is 19.0. The van der Waals surface area contributed by atoms with E-state index in [0.29, 0.717) is 5.92 Å². The van der Waals surface area contributed by atoms with Gasteiger partial charge in [-0.1, -0.05) is 35.5 Å². The largest absolute Gasteiger partial charge is 0.364 e. The van der Waals surface area contributed by atoms with E-state index in [-0.39, 0.29) is 0 Å². The topological polar surface area (TPSA) is 70.8 Å². The molecule has 2 aromatic heterocycles. The average molecular weight is 309 g/mol. The van der Waals surface area contributed by atoms with Gasteiger partial charge >= 0.3 is 0 Å². The number of aromatic nitrogens is 4. The highest BCUT2D eigenvalue weighted by Crippen LogP contribution is 2.26. The summed E-state index contributed by atoms with van der Waals surface area (Å²) in [4.78, 5) is 7.11. The van der Waals surface area contributed by atoms with E-state index in [1.165, 1.54) is 0 Å². The Morgan fingerprint density at radius 2 is 2.13 bits per heavy atom. The summed E-state index contributed by atoms with van der Waals surface area (Å²) in [7, 11) is 0. The highest BCUT2D eigenvalue weighted by Gasteiger charge is 2.24. The zero-order valence-corrected chi connectivity index (χ0v) is 12.9. The molecule has 0 saturated carbocycles. The molecule has 0 spiro atoms. The lowest BCUT2D eigenvalue weighted by atomic mass is 9.97. The van der Waals surface area contributed by atoms with Gasteiger partial charge in [-0.25, -0.2) is 4.98 Å². The van der Waals surface area contributed by atoms with E-state index >= 15 is 0 Å². The van der Waals surface area contributed by atoms with Crippen molar-refractivity contribution in [1.29, 1.82) is 0 Å². The first-order valence-corrected chi connectivity index (χ1v) is 7.98. The van der Waals surface area contributed by atoms with Gasteiger partial charge in [0.05, 0.1) is 5.69 Å². The third kappa shape index (κ3) is 3.17. The number of likely N-dealkylation sites (tertiary alicyclic amines) is 1. The van der Waals surface area contributed by atoms with Crippen molar-refractivity contribution in [1.82, 2.24) is 25.2 Å². The zero-order valence-electron chi connectivity index (χ0n) is 12.9. The summed E-state index contributed by atoms with van der Waals surface area (Å²) >= 11 is 0. The Bertz CT molecular complexity index is 737. The summed E-state index contributed by atoms with van der Waals surface area (Å²) in [5.74, 6) is 2.14. The molecule has 1 fully saturated rings. The maximum Gasteiger partial charge on any atom is 0.181 e. The molecule has 0 aliphatic carbocycles. The number of benzene rings is 1. The predicted octanol–water partition coefficient (Wildman–Crippen LogP) is 2.84.